The van der Waals surface area contributed by atoms with Gasteiger partial charge in [-0.1, -0.05) is 0 Å². The molecule has 0 saturated carbocycles. The molecule has 0 bridgehead atoms. The summed E-state index contributed by atoms with van der Waals surface area (Å²) >= 11 is 3.62. The Morgan fingerprint density at radius 2 is 1.90 bits per heavy atom. The lowest BCUT2D eigenvalue weighted by Gasteiger charge is -2.09. The van der Waals surface area contributed by atoms with Gasteiger partial charge in [-0.3, -0.25) is 4.79 Å². The summed E-state index contributed by atoms with van der Waals surface area (Å²) in [6.45, 7) is -0.663. The maximum atomic E-state index is 10.6. The summed E-state index contributed by atoms with van der Waals surface area (Å²) in [5.74, 6) is -0.840. The number of aliphatic hydroxyl groups is 3. The van der Waals surface area contributed by atoms with Crippen LogP contribution < -0.4 is 0 Å². The molecule has 5 heteroatoms. The van der Waals surface area contributed by atoms with Crippen molar-refractivity contribution in [2.45, 2.75) is 12.2 Å². The molecular weight excluding hydrogens is 156 g/mol. The number of thiol groups is 1. The van der Waals surface area contributed by atoms with Gasteiger partial charge in [-0.25, -0.2) is 0 Å². The van der Waals surface area contributed by atoms with E-state index in [0.29, 0.717) is 0 Å². The molecule has 2 atom stereocenters. The van der Waals surface area contributed by atoms with Gasteiger partial charge in [-0.05, 0) is 0 Å². The lowest BCUT2D eigenvalue weighted by molar-refractivity contribution is -0.136. The van der Waals surface area contributed by atoms with Crippen LogP contribution in [0.5, 0.6) is 0 Å². The molecule has 0 aliphatic carbocycles. The second-order valence-corrected chi connectivity index (χ2v) is 2.16. The predicted octanol–water partition coefficient (Wildman–Crippen LogP) is -1.80. The van der Waals surface area contributed by atoms with Gasteiger partial charge in [-0.15, -0.1) is 0 Å². The third kappa shape index (κ3) is 2.66. The fourth-order valence-corrected chi connectivity index (χ4v) is 0.582. The highest BCUT2D eigenvalue weighted by Gasteiger charge is 2.20. The third-order valence-electron chi connectivity index (χ3n) is 1.00. The molecule has 0 heterocycles. The zero-order chi connectivity index (χ0) is 8.15. The van der Waals surface area contributed by atoms with Crippen molar-refractivity contribution in [3.05, 3.63) is 0 Å². The van der Waals surface area contributed by atoms with Crippen LogP contribution in [-0.4, -0.2) is 45.7 Å². The minimum absolute atomic E-state index is 0.0457. The standard InChI is InChI=1S/C5H10O4S/c6-1-3(7)5(9)4(8)2-10/h3-4,6-8,10H,1-2H2/t3-,4+/m1/s1. The Labute approximate surface area is 63.9 Å². The zero-order valence-electron chi connectivity index (χ0n) is 5.27. The van der Waals surface area contributed by atoms with E-state index < -0.39 is 24.6 Å². The lowest BCUT2D eigenvalue weighted by atomic mass is 10.1. The van der Waals surface area contributed by atoms with Gasteiger partial charge in [0.15, 0.2) is 5.78 Å². The molecule has 0 saturated heterocycles. The summed E-state index contributed by atoms with van der Waals surface area (Å²) in [6.07, 6.45) is -2.77. The Kier molecular flexibility index (Phi) is 4.63. The van der Waals surface area contributed by atoms with Gasteiger partial charge in [0.2, 0.25) is 0 Å². The number of Topliss-reactive ketones (excluding diaryl/α,β-unsaturated/α-hetero) is 1. The summed E-state index contributed by atoms with van der Waals surface area (Å²) in [4.78, 5) is 10.6. The molecule has 0 aliphatic heterocycles. The average Bonchev–Trinajstić information content (AvgIpc) is 2.00. The minimum Gasteiger partial charge on any atom is -0.393 e. The molecule has 0 aromatic rings. The van der Waals surface area contributed by atoms with Crippen molar-refractivity contribution in [3.63, 3.8) is 0 Å². The van der Waals surface area contributed by atoms with Crippen molar-refractivity contribution in [1.29, 1.82) is 0 Å². The van der Waals surface area contributed by atoms with Crippen molar-refractivity contribution >= 4 is 18.4 Å². The molecule has 0 fully saturated rings. The van der Waals surface area contributed by atoms with E-state index in [1.807, 2.05) is 0 Å². The van der Waals surface area contributed by atoms with Crippen LogP contribution in [0.1, 0.15) is 0 Å². The average molecular weight is 166 g/mol. The van der Waals surface area contributed by atoms with Gasteiger partial charge < -0.3 is 15.3 Å². The van der Waals surface area contributed by atoms with Crippen LogP contribution in [-0.2, 0) is 4.79 Å². The molecule has 60 valence electrons. The monoisotopic (exact) mass is 166 g/mol. The number of hydrogen-bond acceptors (Lipinski definition) is 5. The first kappa shape index (κ1) is 9.90. The van der Waals surface area contributed by atoms with E-state index in [1.165, 1.54) is 0 Å². The van der Waals surface area contributed by atoms with E-state index in [9.17, 15) is 4.79 Å². The molecule has 0 unspecified atom stereocenters. The van der Waals surface area contributed by atoms with E-state index in [-0.39, 0.29) is 5.75 Å². The quantitative estimate of drug-likeness (QED) is 0.372. The number of carbonyl (C=O) groups is 1. The predicted molar refractivity (Wildman–Crippen MR) is 38.0 cm³/mol. The maximum absolute atomic E-state index is 10.6. The lowest BCUT2D eigenvalue weighted by Crippen LogP contribution is -2.35. The molecule has 0 aliphatic rings. The molecule has 3 N–H and O–H groups in total. The summed E-state index contributed by atoms with van der Waals surface area (Å²) in [6, 6.07) is 0. The molecule has 0 radical (unpaired) electrons. The Bertz CT molecular complexity index is 104. The van der Waals surface area contributed by atoms with Gasteiger partial charge in [0.05, 0.1) is 6.61 Å². The van der Waals surface area contributed by atoms with Crippen molar-refractivity contribution in [2.24, 2.45) is 0 Å². The normalized spacial score (nSPS) is 16.4. The molecule has 0 rings (SSSR count). The SMILES string of the molecule is O=C([C@H](O)CO)[C@@H](O)CS. The highest BCUT2D eigenvalue weighted by atomic mass is 32.1. The first-order chi connectivity index (χ1) is 4.63. The Hall–Kier alpha value is -0.100. The van der Waals surface area contributed by atoms with Crippen molar-refractivity contribution in [2.75, 3.05) is 12.4 Å². The highest BCUT2D eigenvalue weighted by Crippen LogP contribution is 1.94. The van der Waals surface area contributed by atoms with Crippen molar-refractivity contribution in [3.8, 4) is 0 Å². The summed E-state index contributed by atoms with van der Waals surface area (Å²) in [5, 5.41) is 25.6. The summed E-state index contributed by atoms with van der Waals surface area (Å²) in [7, 11) is 0. The Morgan fingerprint density at radius 1 is 1.40 bits per heavy atom. The molecular formula is C5H10O4S. The number of hydrogen-bond donors (Lipinski definition) is 4. The highest BCUT2D eigenvalue weighted by molar-refractivity contribution is 7.80. The second-order valence-electron chi connectivity index (χ2n) is 1.80. The topological polar surface area (TPSA) is 77.8 Å². The van der Waals surface area contributed by atoms with Crippen LogP contribution in [0, 0.1) is 0 Å². The third-order valence-corrected chi connectivity index (χ3v) is 1.35. The second kappa shape index (κ2) is 4.68. The number of carbonyl (C=O) groups excluding carboxylic acids is 1. The van der Waals surface area contributed by atoms with Crippen LogP contribution >= 0.6 is 12.6 Å². The van der Waals surface area contributed by atoms with E-state index >= 15 is 0 Å². The van der Waals surface area contributed by atoms with Gasteiger partial charge >= 0.3 is 0 Å². The first-order valence-electron chi connectivity index (χ1n) is 2.75. The largest absolute Gasteiger partial charge is 0.393 e. The number of ketones is 1. The van der Waals surface area contributed by atoms with E-state index in [2.05, 4.69) is 12.6 Å². The number of aliphatic hydroxyl groups excluding tert-OH is 3. The molecule has 4 nitrogen and oxygen atoms in total. The molecule has 10 heavy (non-hydrogen) atoms. The Balaban J connectivity index is 3.82. The van der Waals surface area contributed by atoms with Crippen LogP contribution in [0.4, 0.5) is 0 Å². The molecule has 0 aromatic heterocycles. The van der Waals surface area contributed by atoms with Crippen molar-refractivity contribution in [1.82, 2.24) is 0 Å². The summed E-state index contributed by atoms with van der Waals surface area (Å²) < 4.78 is 0. The van der Waals surface area contributed by atoms with E-state index in [0.717, 1.165) is 0 Å². The smallest absolute Gasteiger partial charge is 0.192 e. The van der Waals surface area contributed by atoms with Gasteiger partial charge in [0.25, 0.3) is 0 Å². The van der Waals surface area contributed by atoms with Crippen LogP contribution in [0.25, 0.3) is 0 Å². The van der Waals surface area contributed by atoms with Crippen LogP contribution in [0.3, 0.4) is 0 Å². The first-order valence-corrected chi connectivity index (χ1v) is 3.38. The fraction of sp³-hybridized carbons (Fsp3) is 0.800. The number of rotatable bonds is 4. The zero-order valence-corrected chi connectivity index (χ0v) is 6.16. The van der Waals surface area contributed by atoms with Gasteiger partial charge in [-0.2, -0.15) is 12.6 Å². The maximum Gasteiger partial charge on any atom is 0.192 e. The molecule has 0 spiro atoms. The summed E-state index contributed by atoms with van der Waals surface area (Å²) in [5.41, 5.74) is 0. The Morgan fingerprint density at radius 3 is 2.20 bits per heavy atom. The van der Waals surface area contributed by atoms with Crippen molar-refractivity contribution < 1.29 is 20.1 Å². The van der Waals surface area contributed by atoms with E-state index in [1.54, 1.807) is 0 Å². The van der Waals surface area contributed by atoms with Gasteiger partial charge in [0.1, 0.15) is 12.2 Å². The van der Waals surface area contributed by atoms with Gasteiger partial charge in [0, 0.05) is 5.75 Å². The van der Waals surface area contributed by atoms with Crippen LogP contribution in [0.2, 0.25) is 0 Å². The minimum atomic E-state index is -1.48. The fourth-order valence-electron chi connectivity index (χ4n) is 0.402. The van der Waals surface area contributed by atoms with E-state index in [4.69, 9.17) is 15.3 Å². The molecule has 0 aromatic carbocycles. The molecule has 0 amide bonds. The van der Waals surface area contributed by atoms with Crippen LogP contribution in [0.15, 0.2) is 0 Å².